The van der Waals surface area contributed by atoms with Crippen molar-refractivity contribution < 1.29 is 15.3 Å². The van der Waals surface area contributed by atoms with E-state index in [1.807, 2.05) is 0 Å². The van der Waals surface area contributed by atoms with Crippen molar-refractivity contribution in [3.8, 4) is 0 Å². The van der Waals surface area contributed by atoms with Crippen LogP contribution < -0.4 is 0 Å². The minimum atomic E-state index is -1.24. The zero-order chi connectivity index (χ0) is 7.15. The summed E-state index contributed by atoms with van der Waals surface area (Å²) in [7, 11) is 0. The van der Waals surface area contributed by atoms with Gasteiger partial charge in [0.25, 0.3) is 0 Å². The first kappa shape index (κ1) is 5.29. The molecule has 4 atom stereocenters. The normalized spacial score (nSPS) is 68.5. The van der Waals surface area contributed by atoms with Crippen molar-refractivity contribution in [3.63, 3.8) is 0 Å². The van der Waals surface area contributed by atoms with E-state index in [1.54, 1.807) is 6.08 Å². The summed E-state index contributed by atoms with van der Waals surface area (Å²) in [6, 6.07) is 0. The Morgan fingerprint density at radius 3 is 2.60 bits per heavy atom. The average molecular weight is 140 g/mol. The third-order valence-electron chi connectivity index (χ3n) is 3.07. The zero-order valence-electron chi connectivity index (χ0n) is 5.28. The molecule has 3 N–H and O–H groups in total. The van der Waals surface area contributed by atoms with Crippen LogP contribution in [0.5, 0.6) is 0 Å². The molecular weight excluding hydrogens is 132 g/mol. The van der Waals surface area contributed by atoms with Crippen molar-refractivity contribution in [2.75, 3.05) is 0 Å². The van der Waals surface area contributed by atoms with Crippen molar-refractivity contribution in [3.05, 3.63) is 11.6 Å². The number of fused-ring (bicyclic) bond motifs is 3. The standard InChI is InChI=1S/C7H8O3/c8-5-4-1-3-2-6(3,9)7(4,5)10/h1,3,5,8-10H,2H2. The van der Waals surface area contributed by atoms with Gasteiger partial charge in [0.2, 0.25) is 0 Å². The van der Waals surface area contributed by atoms with E-state index in [9.17, 15) is 10.2 Å². The maximum absolute atomic E-state index is 9.55. The van der Waals surface area contributed by atoms with E-state index in [0.717, 1.165) is 0 Å². The number of rotatable bonds is 0. The molecule has 3 aliphatic rings. The molecule has 0 amide bonds. The lowest BCUT2D eigenvalue weighted by molar-refractivity contribution is -0.0442. The fraction of sp³-hybridized carbons (Fsp3) is 0.714. The molecule has 3 nitrogen and oxygen atoms in total. The predicted molar refractivity (Wildman–Crippen MR) is 32.1 cm³/mol. The van der Waals surface area contributed by atoms with Crippen LogP contribution in [-0.4, -0.2) is 32.6 Å². The van der Waals surface area contributed by atoms with Gasteiger partial charge >= 0.3 is 0 Å². The van der Waals surface area contributed by atoms with Crippen LogP contribution in [-0.2, 0) is 0 Å². The molecule has 10 heavy (non-hydrogen) atoms. The molecule has 0 bridgehead atoms. The second-order valence-electron chi connectivity index (χ2n) is 3.53. The predicted octanol–water partition coefficient (Wildman–Crippen LogP) is -1.22. The van der Waals surface area contributed by atoms with Crippen LogP contribution in [0.2, 0.25) is 0 Å². The van der Waals surface area contributed by atoms with Crippen molar-refractivity contribution in [2.45, 2.75) is 23.7 Å². The third kappa shape index (κ3) is 0.263. The van der Waals surface area contributed by atoms with Gasteiger partial charge in [0.15, 0.2) is 0 Å². The Labute approximate surface area is 57.6 Å². The van der Waals surface area contributed by atoms with E-state index in [0.29, 0.717) is 12.0 Å². The fourth-order valence-corrected chi connectivity index (χ4v) is 2.16. The van der Waals surface area contributed by atoms with E-state index in [-0.39, 0.29) is 5.92 Å². The topological polar surface area (TPSA) is 60.7 Å². The lowest BCUT2D eigenvalue weighted by Gasteiger charge is -2.13. The maximum Gasteiger partial charge on any atom is 0.147 e. The van der Waals surface area contributed by atoms with E-state index in [2.05, 4.69) is 0 Å². The summed E-state index contributed by atoms with van der Waals surface area (Å²) in [6.07, 6.45) is 1.63. The molecule has 2 saturated carbocycles. The van der Waals surface area contributed by atoms with Crippen molar-refractivity contribution in [2.24, 2.45) is 5.92 Å². The highest BCUT2D eigenvalue weighted by Crippen LogP contribution is 2.70. The summed E-state index contributed by atoms with van der Waals surface area (Å²) in [4.78, 5) is 0. The highest BCUT2D eigenvalue weighted by atomic mass is 16.4. The molecule has 0 aliphatic heterocycles. The van der Waals surface area contributed by atoms with E-state index < -0.39 is 17.3 Å². The first-order valence-corrected chi connectivity index (χ1v) is 3.46. The summed E-state index contributed by atoms with van der Waals surface area (Å²) in [5.41, 5.74) is -1.59. The van der Waals surface area contributed by atoms with Crippen LogP contribution in [0.3, 0.4) is 0 Å². The van der Waals surface area contributed by atoms with Gasteiger partial charge in [0, 0.05) is 5.92 Å². The van der Waals surface area contributed by atoms with Crippen LogP contribution in [0.4, 0.5) is 0 Å². The zero-order valence-corrected chi connectivity index (χ0v) is 5.28. The van der Waals surface area contributed by atoms with Crippen molar-refractivity contribution in [1.29, 1.82) is 0 Å². The summed E-state index contributed by atoms with van der Waals surface area (Å²) in [5, 5.41) is 28.2. The summed E-state index contributed by atoms with van der Waals surface area (Å²) >= 11 is 0. The number of aliphatic hydroxyl groups is 3. The molecule has 54 valence electrons. The first-order valence-electron chi connectivity index (χ1n) is 3.46. The van der Waals surface area contributed by atoms with E-state index in [1.165, 1.54) is 0 Å². The van der Waals surface area contributed by atoms with Gasteiger partial charge in [0.05, 0.1) is 0 Å². The van der Waals surface area contributed by atoms with Crippen LogP contribution in [0, 0.1) is 5.92 Å². The highest BCUT2D eigenvalue weighted by Gasteiger charge is 2.83. The molecule has 0 spiro atoms. The molecule has 4 unspecified atom stereocenters. The lowest BCUT2D eigenvalue weighted by atomic mass is 10.1. The Bertz CT molecular complexity index is 260. The minimum Gasteiger partial charge on any atom is -0.386 e. The van der Waals surface area contributed by atoms with Gasteiger partial charge in [-0.3, -0.25) is 0 Å². The first-order chi connectivity index (χ1) is 4.61. The molecule has 0 saturated heterocycles. The van der Waals surface area contributed by atoms with Gasteiger partial charge in [-0.1, -0.05) is 6.08 Å². The van der Waals surface area contributed by atoms with Crippen LogP contribution in [0.25, 0.3) is 0 Å². The van der Waals surface area contributed by atoms with Gasteiger partial charge in [-0.15, -0.1) is 0 Å². The van der Waals surface area contributed by atoms with Crippen molar-refractivity contribution in [1.82, 2.24) is 0 Å². The average Bonchev–Trinajstić information content (AvgIpc) is 2.64. The van der Waals surface area contributed by atoms with E-state index in [4.69, 9.17) is 5.11 Å². The second-order valence-corrected chi connectivity index (χ2v) is 3.53. The Morgan fingerprint density at radius 2 is 2.20 bits per heavy atom. The molecule has 3 aliphatic carbocycles. The largest absolute Gasteiger partial charge is 0.386 e. The monoisotopic (exact) mass is 140 g/mol. The van der Waals surface area contributed by atoms with Gasteiger partial charge in [-0.2, -0.15) is 0 Å². The lowest BCUT2D eigenvalue weighted by Crippen LogP contribution is -2.34. The number of hydrogen-bond acceptors (Lipinski definition) is 3. The summed E-state index contributed by atoms with van der Waals surface area (Å²) in [6.45, 7) is 0. The molecule has 0 aromatic heterocycles. The Morgan fingerprint density at radius 1 is 1.50 bits per heavy atom. The molecule has 3 heteroatoms. The molecule has 0 heterocycles. The molecule has 0 radical (unpaired) electrons. The van der Waals surface area contributed by atoms with Crippen LogP contribution in [0.1, 0.15) is 6.42 Å². The Balaban J connectivity index is 2.16. The van der Waals surface area contributed by atoms with Gasteiger partial charge in [-0.05, 0) is 12.0 Å². The number of hydrogen-bond donors (Lipinski definition) is 3. The highest BCUT2D eigenvalue weighted by molar-refractivity contribution is 5.59. The van der Waals surface area contributed by atoms with Gasteiger partial charge < -0.3 is 15.3 Å². The molecule has 2 fully saturated rings. The smallest absolute Gasteiger partial charge is 0.147 e. The molecule has 0 aromatic carbocycles. The third-order valence-corrected chi connectivity index (χ3v) is 3.07. The Hall–Kier alpha value is -0.380. The van der Waals surface area contributed by atoms with Crippen LogP contribution in [0.15, 0.2) is 11.6 Å². The second kappa shape index (κ2) is 0.978. The summed E-state index contributed by atoms with van der Waals surface area (Å²) < 4.78 is 0. The number of aliphatic hydroxyl groups excluding tert-OH is 1. The van der Waals surface area contributed by atoms with Crippen LogP contribution >= 0.6 is 0 Å². The van der Waals surface area contributed by atoms with Gasteiger partial charge in [0.1, 0.15) is 17.3 Å². The summed E-state index contributed by atoms with van der Waals surface area (Å²) in [5.74, 6) is 0.121. The van der Waals surface area contributed by atoms with E-state index >= 15 is 0 Å². The quantitative estimate of drug-likeness (QED) is 0.370. The molecule has 0 aromatic rings. The maximum atomic E-state index is 9.55. The minimum absolute atomic E-state index is 0.121. The molecule has 3 rings (SSSR count). The Kier molecular flexibility index (Phi) is 0.518. The SMILES string of the molecule is OC1C2=CC3CC3(O)C21O. The van der Waals surface area contributed by atoms with Crippen molar-refractivity contribution >= 4 is 0 Å². The molecular formula is C7H8O3. The fourth-order valence-electron chi connectivity index (χ4n) is 2.16. The van der Waals surface area contributed by atoms with Gasteiger partial charge in [-0.25, -0.2) is 0 Å².